The third-order valence-electron chi connectivity index (χ3n) is 4.45. The van der Waals surface area contributed by atoms with Crippen molar-refractivity contribution in [1.82, 2.24) is 14.3 Å². The van der Waals surface area contributed by atoms with Crippen molar-refractivity contribution in [3.8, 4) is 0 Å². The Hall–Kier alpha value is -2.29. The summed E-state index contributed by atoms with van der Waals surface area (Å²) in [5, 5.41) is 1.08. The number of benzene rings is 1. The normalized spacial score (nSPS) is 16.5. The minimum Gasteiger partial charge on any atom is -0.379 e. The second-order valence-electron chi connectivity index (χ2n) is 6.03. The molecule has 3 aromatic rings. The topological polar surface area (TPSA) is 92.4 Å². The van der Waals surface area contributed by atoms with Crippen LogP contribution in [0.2, 0.25) is 0 Å². The minimum absolute atomic E-state index is 0.0224. The predicted octanol–water partition coefficient (Wildman–Crippen LogP) is 1.41. The number of ether oxygens (including phenoxy) is 1. The van der Waals surface area contributed by atoms with Crippen molar-refractivity contribution in [1.29, 1.82) is 0 Å². The molecule has 0 atom stereocenters. The Kier molecular flexibility index (Phi) is 3.82. The van der Waals surface area contributed by atoms with Crippen LogP contribution in [0.4, 0.5) is 0 Å². The zero-order valence-electron chi connectivity index (χ0n) is 13.7. The van der Waals surface area contributed by atoms with Crippen LogP contribution in [-0.2, 0) is 14.8 Å². The van der Waals surface area contributed by atoms with Crippen LogP contribution >= 0.6 is 0 Å². The summed E-state index contributed by atoms with van der Waals surface area (Å²) in [5.74, 6) is 0. The Labute approximate surface area is 144 Å². The average Bonchev–Trinajstić information content (AvgIpc) is 2.62. The van der Waals surface area contributed by atoms with Crippen LogP contribution in [0.25, 0.3) is 21.8 Å². The van der Waals surface area contributed by atoms with Crippen molar-refractivity contribution in [3.63, 3.8) is 0 Å². The van der Waals surface area contributed by atoms with Crippen molar-refractivity contribution in [3.05, 3.63) is 46.4 Å². The first-order valence-corrected chi connectivity index (χ1v) is 9.42. The van der Waals surface area contributed by atoms with E-state index in [0.717, 1.165) is 10.9 Å². The summed E-state index contributed by atoms with van der Waals surface area (Å²) in [5.41, 5.74) is 1.47. The van der Waals surface area contributed by atoms with Crippen LogP contribution in [0.5, 0.6) is 0 Å². The first-order valence-electron chi connectivity index (χ1n) is 7.98. The lowest BCUT2D eigenvalue weighted by Gasteiger charge is -2.26. The second kappa shape index (κ2) is 5.91. The van der Waals surface area contributed by atoms with Gasteiger partial charge < -0.3 is 9.72 Å². The highest BCUT2D eigenvalue weighted by Gasteiger charge is 2.29. The molecule has 0 amide bonds. The molecule has 3 heterocycles. The highest BCUT2D eigenvalue weighted by atomic mass is 32.2. The van der Waals surface area contributed by atoms with Crippen molar-refractivity contribution in [2.45, 2.75) is 11.8 Å². The second-order valence-corrected chi connectivity index (χ2v) is 7.94. The standard InChI is InChI=1S/C17H17N3O4S/c1-11-3-2-4-12-9-13-16(19-15(11)12)14(10-18-17(13)21)25(22,23)20-5-7-24-8-6-20/h2-4,9-10H,5-8H2,1H3,(H,18,21). The number of nitrogens with one attached hydrogen (secondary N) is 1. The van der Waals surface area contributed by atoms with Gasteiger partial charge in [0.15, 0.2) is 0 Å². The van der Waals surface area contributed by atoms with Crippen molar-refractivity contribution < 1.29 is 13.2 Å². The lowest BCUT2D eigenvalue weighted by Crippen LogP contribution is -2.40. The van der Waals surface area contributed by atoms with Crippen LogP contribution in [-0.4, -0.2) is 49.0 Å². The summed E-state index contributed by atoms with van der Waals surface area (Å²) < 4.78 is 32.7. The third kappa shape index (κ3) is 2.62. The van der Waals surface area contributed by atoms with E-state index in [1.807, 2.05) is 25.1 Å². The fourth-order valence-corrected chi connectivity index (χ4v) is 4.62. The molecule has 1 saturated heterocycles. The number of para-hydroxylation sites is 1. The molecule has 7 nitrogen and oxygen atoms in total. The largest absolute Gasteiger partial charge is 0.379 e. The number of aromatic amines is 1. The van der Waals surface area contributed by atoms with E-state index in [0.29, 0.717) is 18.7 Å². The Morgan fingerprint density at radius 2 is 1.96 bits per heavy atom. The summed E-state index contributed by atoms with van der Waals surface area (Å²) in [7, 11) is -3.77. The molecule has 8 heteroatoms. The molecule has 4 rings (SSSR count). The van der Waals surface area contributed by atoms with Crippen LogP contribution in [0.3, 0.4) is 0 Å². The number of aryl methyl sites for hydroxylation is 1. The van der Waals surface area contributed by atoms with Gasteiger partial charge in [-0.15, -0.1) is 0 Å². The van der Waals surface area contributed by atoms with Crippen LogP contribution in [0.1, 0.15) is 5.56 Å². The van der Waals surface area contributed by atoms with E-state index in [1.54, 1.807) is 6.07 Å². The maximum atomic E-state index is 13.0. The van der Waals surface area contributed by atoms with E-state index >= 15 is 0 Å². The summed E-state index contributed by atoms with van der Waals surface area (Å²) in [6.45, 7) is 3.20. The molecule has 0 aliphatic carbocycles. The van der Waals surface area contributed by atoms with Gasteiger partial charge in [0.1, 0.15) is 4.90 Å². The number of fused-ring (bicyclic) bond motifs is 2. The van der Waals surface area contributed by atoms with Gasteiger partial charge in [0.25, 0.3) is 5.56 Å². The zero-order valence-corrected chi connectivity index (χ0v) is 14.5. The van der Waals surface area contributed by atoms with Crippen molar-refractivity contribution >= 4 is 31.8 Å². The number of hydrogen-bond donors (Lipinski definition) is 1. The maximum Gasteiger partial charge on any atom is 0.257 e. The molecule has 1 aliphatic heterocycles. The molecule has 25 heavy (non-hydrogen) atoms. The molecule has 0 spiro atoms. The predicted molar refractivity (Wildman–Crippen MR) is 94.2 cm³/mol. The smallest absolute Gasteiger partial charge is 0.257 e. The number of nitrogens with zero attached hydrogens (tertiary/aromatic N) is 2. The van der Waals surface area contributed by atoms with Gasteiger partial charge in [0, 0.05) is 24.7 Å². The molecule has 1 N–H and O–H groups in total. The number of pyridine rings is 2. The Bertz CT molecular complexity index is 1130. The van der Waals surface area contributed by atoms with Gasteiger partial charge in [-0.2, -0.15) is 4.31 Å². The first kappa shape index (κ1) is 16.2. The van der Waals surface area contributed by atoms with Gasteiger partial charge in [0.2, 0.25) is 10.0 Å². The number of sulfonamides is 1. The lowest BCUT2D eigenvalue weighted by molar-refractivity contribution is 0.0730. The van der Waals surface area contributed by atoms with Crippen molar-refractivity contribution in [2.75, 3.05) is 26.3 Å². The van der Waals surface area contributed by atoms with Gasteiger partial charge in [0.05, 0.1) is 29.6 Å². The molecular weight excluding hydrogens is 342 g/mol. The Morgan fingerprint density at radius 3 is 2.72 bits per heavy atom. The van der Waals surface area contributed by atoms with Gasteiger partial charge in [-0.25, -0.2) is 13.4 Å². The number of morpholine rings is 1. The molecule has 2 aromatic heterocycles. The van der Waals surface area contributed by atoms with Gasteiger partial charge in [-0.3, -0.25) is 4.79 Å². The van der Waals surface area contributed by atoms with Crippen LogP contribution in [0.15, 0.2) is 40.2 Å². The maximum absolute atomic E-state index is 13.0. The highest BCUT2D eigenvalue weighted by molar-refractivity contribution is 7.89. The SMILES string of the molecule is Cc1cccc2cc3c(=O)[nH]cc(S(=O)(=O)N4CCOCC4)c3nc12. The number of hydrogen-bond acceptors (Lipinski definition) is 5. The van der Waals surface area contributed by atoms with E-state index < -0.39 is 10.0 Å². The highest BCUT2D eigenvalue weighted by Crippen LogP contribution is 2.26. The summed E-state index contributed by atoms with van der Waals surface area (Å²) >= 11 is 0. The van der Waals surface area contributed by atoms with Crippen LogP contribution in [0, 0.1) is 6.92 Å². The van der Waals surface area contributed by atoms with Gasteiger partial charge in [-0.1, -0.05) is 18.2 Å². The van der Waals surface area contributed by atoms with Gasteiger partial charge in [-0.05, 0) is 18.6 Å². The molecule has 0 radical (unpaired) electrons. The molecule has 130 valence electrons. The van der Waals surface area contributed by atoms with E-state index in [4.69, 9.17) is 4.74 Å². The molecule has 1 aliphatic rings. The summed E-state index contributed by atoms with van der Waals surface area (Å²) in [4.78, 5) is 19.3. The fourth-order valence-electron chi connectivity index (χ4n) is 3.11. The summed E-state index contributed by atoms with van der Waals surface area (Å²) in [6, 6.07) is 7.34. The average molecular weight is 359 g/mol. The summed E-state index contributed by atoms with van der Waals surface area (Å²) in [6.07, 6.45) is 1.24. The number of aromatic nitrogens is 2. The van der Waals surface area contributed by atoms with E-state index in [9.17, 15) is 13.2 Å². The quantitative estimate of drug-likeness (QED) is 0.699. The monoisotopic (exact) mass is 359 g/mol. The lowest BCUT2D eigenvalue weighted by atomic mass is 10.1. The van der Waals surface area contributed by atoms with Crippen molar-refractivity contribution in [2.24, 2.45) is 0 Å². The zero-order chi connectivity index (χ0) is 17.6. The van der Waals surface area contributed by atoms with Crippen LogP contribution < -0.4 is 5.56 Å². The van der Waals surface area contributed by atoms with E-state index in [1.165, 1.54) is 10.5 Å². The Balaban J connectivity index is 2.03. The first-order chi connectivity index (χ1) is 12.0. The van der Waals surface area contributed by atoms with E-state index in [-0.39, 0.29) is 34.4 Å². The minimum atomic E-state index is -3.77. The van der Waals surface area contributed by atoms with Gasteiger partial charge >= 0.3 is 0 Å². The number of rotatable bonds is 2. The number of H-pyrrole nitrogens is 1. The molecule has 0 saturated carbocycles. The molecule has 1 fully saturated rings. The third-order valence-corrected chi connectivity index (χ3v) is 6.36. The fraction of sp³-hybridized carbons (Fsp3) is 0.294. The molecule has 0 unspecified atom stereocenters. The molecular formula is C17H17N3O4S. The van der Waals surface area contributed by atoms with E-state index in [2.05, 4.69) is 9.97 Å². The molecule has 0 bridgehead atoms. The Morgan fingerprint density at radius 1 is 1.20 bits per heavy atom. The molecule has 1 aromatic carbocycles.